The van der Waals surface area contributed by atoms with Crippen molar-refractivity contribution in [3.8, 4) is 0 Å². The normalized spacial score (nSPS) is 19.0. The molecule has 1 aliphatic carbocycles. The fourth-order valence-corrected chi connectivity index (χ4v) is 3.90. The fourth-order valence-electron chi connectivity index (χ4n) is 3.62. The first-order valence-corrected chi connectivity index (χ1v) is 8.90. The van der Waals surface area contributed by atoms with Crippen LogP contribution in [0.2, 0.25) is 5.02 Å². The Bertz CT molecular complexity index is 724. The first-order valence-electron chi connectivity index (χ1n) is 8.52. The van der Waals surface area contributed by atoms with Gasteiger partial charge in [0.1, 0.15) is 5.78 Å². The highest BCUT2D eigenvalue weighted by Crippen LogP contribution is 2.39. The zero-order valence-corrected chi connectivity index (χ0v) is 14.3. The maximum absolute atomic E-state index is 12.7. The second kappa shape index (κ2) is 7.76. The van der Waals surface area contributed by atoms with Gasteiger partial charge in [-0.3, -0.25) is 9.59 Å². The molecule has 24 heavy (non-hydrogen) atoms. The molecular weight excluding hydrogens is 320 g/mol. The lowest BCUT2D eigenvalue weighted by molar-refractivity contribution is -0.125. The lowest BCUT2D eigenvalue weighted by Crippen LogP contribution is -2.27. The third-order valence-corrected chi connectivity index (χ3v) is 5.24. The highest BCUT2D eigenvalue weighted by molar-refractivity contribution is 6.31. The summed E-state index contributed by atoms with van der Waals surface area (Å²) in [6, 6.07) is 16.9. The quantitative estimate of drug-likeness (QED) is 0.677. The number of halogens is 1. The zero-order chi connectivity index (χ0) is 16.9. The molecule has 0 bridgehead atoms. The minimum atomic E-state index is -0.140. The largest absolute Gasteiger partial charge is 0.299 e. The second-order valence-corrected chi connectivity index (χ2v) is 6.85. The molecule has 2 atom stereocenters. The van der Waals surface area contributed by atoms with Crippen LogP contribution in [0, 0.1) is 5.92 Å². The van der Waals surface area contributed by atoms with Gasteiger partial charge >= 0.3 is 0 Å². The molecule has 0 amide bonds. The Hall–Kier alpha value is -1.93. The molecule has 0 aromatic heterocycles. The van der Waals surface area contributed by atoms with E-state index in [1.165, 1.54) is 0 Å². The first-order chi connectivity index (χ1) is 11.7. The molecule has 0 radical (unpaired) electrons. The van der Waals surface area contributed by atoms with Gasteiger partial charge in [0.05, 0.1) is 0 Å². The fraction of sp³-hybridized carbons (Fsp3) is 0.333. The summed E-state index contributed by atoms with van der Waals surface area (Å²) in [7, 11) is 0. The summed E-state index contributed by atoms with van der Waals surface area (Å²) in [5.41, 5.74) is 1.61. The Morgan fingerprint density at radius 1 is 1.04 bits per heavy atom. The molecule has 2 aromatic carbocycles. The molecule has 1 fully saturated rings. The molecule has 0 saturated heterocycles. The number of carbonyl (C=O) groups is 2. The number of carbonyl (C=O) groups excluding carboxylic acids is 2. The van der Waals surface area contributed by atoms with Crippen molar-refractivity contribution in [1.29, 1.82) is 0 Å². The number of benzene rings is 2. The third-order valence-electron chi connectivity index (χ3n) is 4.89. The Morgan fingerprint density at radius 3 is 2.46 bits per heavy atom. The van der Waals surface area contributed by atoms with Crippen LogP contribution in [0.5, 0.6) is 0 Å². The lowest BCUT2D eigenvalue weighted by atomic mass is 9.73. The molecule has 0 heterocycles. The van der Waals surface area contributed by atoms with Crippen molar-refractivity contribution in [1.82, 2.24) is 0 Å². The highest BCUT2D eigenvalue weighted by atomic mass is 35.5. The van der Waals surface area contributed by atoms with Crippen molar-refractivity contribution in [3.63, 3.8) is 0 Å². The molecule has 2 aromatic rings. The average molecular weight is 341 g/mol. The van der Waals surface area contributed by atoms with Crippen molar-refractivity contribution in [2.45, 2.75) is 38.0 Å². The monoisotopic (exact) mass is 340 g/mol. The molecular formula is C21H21ClO2. The summed E-state index contributed by atoms with van der Waals surface area (Å²) in [5.74, 6) is 0.0939. The Labute approximate surface area is 147 Å². The third kappa shape index (κ3) is 3.76. The van der Waals surface area contributed by atoms with Gasteiger partial charge in [0.25, 0.3) is 0 Å². The standard InChI is InChI=1S/C21H21ClO2/c22-19-12-6-4-10-16(19)18(17-11-5-7-13-20(17)23)14-21(24)15-8-2-1-3-9-15/h1-4,6,8-10,12,17-18H,5,7,11,13-14H2. The van der Waals surface area contributed by atoms with Gasteiger partial charge in [-0.2, -0.15) is 0 Å². The van der Waals surface area contributed by atoms with E-state index < -0.39 is 0 Å². The Morgan fingerprint density at radius 2 is 1.75 bits per heavy atom. The molecule has 2 unspecified atom stereocenters. The number of ketones is 2. The minimum absolute atomic E-state index is 0.0684. The van der Waals surface area contributed by atoms with Crippen LogP contribution in [-0.4, -0.2) is 11.6 Å². The zero-order valence-electron chi connectivity index (χ0n) is 13.6. The van der Waals surface area contributed by atoms with E-state index in [2.05, 4.69) is 0 Å². The molecule has 3 heteroatoms. The summed E-state index contributed by atoms with van der Waals surface area (Å²) in [4.78, 5) is 25.2. The summed E-state index contributed by atoms with van der Waals surface area (Å²) in [6.45, 7) is 0. The van der Waals surface area contributed by atoms with Crippen LogP contribution in [0.1, 0.15) is 53.9 Å². The predicted octanol–water partition coefficient (Wildman–Crippen LogP) is 5.46. The van der Waals surface area contributed by atoms with Gasteiger partial charge in [-0.25, -0.2) is 0 Å². The highest BCUT2D eigenvalue weighted by Gasteiger charge is 2.33. The molecule has 0 spiro atoms. The maximum atomic E-state index is 12.7. The Kier molecular flexibility index (Phi) is 5.47. The Balaban J connectivity index is 1.91. The second-order valence-electron chi connectivity index (χ2n) is 6.44. The number of rotatable bonds is 5. The molecule has 3 rings (SSSR count). The first kappa shape index (κ1) is 16.9. The summed E-state index contributed by atoms with van der Waals surface area (Å²) in [5, 5.41) is 0.640. The number of Topliss-reactive ketones (excluding diaryl/α,β-unsaturated/α-hetero) is 2. The van der Waals surface area contributed by atoms with Crippen molar-refractivity contribution in [2.24, 2.45) is 5.92 Å². The van der Waals surface area contributed by atoms with Crippen molar-refractivity contribution < 1.29 is 9.59 Å². The summed E-state index contributed by atoms with van der Waals surface area (Å²) < 4.78 is 0. The van der Waals surface area contributed by atoms with Crippen LogP contribution in [0.4, 0.5) is 0 Å². The lowest BCUT2D eigenvalue weighted by Gasteiger charge is -2.29. The van der Waals surface area contributed by atoms with Crippen LogP contribution in [0.25, 0.3) is 0 Å². The van der Waals surface area contributed by atoms with Crippen LogP contribution < -0.4 is 0 Å². The van der Waals surface area contributed by atoms with Gasteiger partial charge < -0.3 is 0 Å². The predicted molar refractivity (Wildman–Crippen MR) is 96.5 cm³/mol. The van der Waals surface area contributed by atoms with E-state index in [4.69, 9.17) is 11.6 Å². The van der Waals surface area contributed by atoms with Crippen LogP contribution in [0.3, 0.4) is 0 Å². The van der Waals surface area contributed by atoms with E-state index >= 15 is 0 Å². The molecule has 124 valence electrons. The van der Waals surface area contributed by atoms with Gasteiger partial charge in [0.15, 0.2) is 5.78 Å². The van der Waals surface area contributed by atoms with Gasteiger partial charge in [-0.1, -0.05) is 66.6 Å². The van der Waals surface area contributed by atoms with Gasteiger partial charge in [-0.05, 0) is 24.5 Å². The number of hydrogen-bond acceptors (Lipinski definition) is 2. The maximum Gasteiger partial charge on any atom is 0.163 e. The van der Waals surface area contributed by atoms with E-state index in [9.17, 15) is 9.59 Å². The van der Waals surface area contributed by atoms with Crippen LogP contribution in [-0.2, 0) is 4.79 Å². The minimum Gasteiger partial charge on any atom is -0.299 e. The SMILES string of the molecule is O=C(CC(c1ccccc1Cl)C1CCCCC1=O)c1ccccc1. The van der Waals surface area contributed by atoms with E-state index in [1.54, 1.807) is 0 Å². The van der Waals surface area contributed by atoms with Gasteiger partial charge in [0.2, 0.25) is 0 Å². The van der Waals surface area contributed by atoms with E-state index in [-0.39, 0.29) is 23.4 Å². The summed E-state index contributed by atoms with van der Waals surface area (Å²) >= 11 is 6.39. The number of hydrogen-bond donors (Lipinski definition) is 0. The van der Waals surface area contributed by atoms with Gasteiger partial charge in [0, 0.05) is 35.3 Å². The van der Waals surface area contributed by atoms with E-state index in [1.807, 2.05) is 54.6 Å². The van der Waals surface area contributed by atoms with Crippen molar-refractivity contribution >= 4 is 23.2 Å². The smallest absolute Gasteiger partial charge is 0.163 e. The molecule has 2 nitrogen and oxygen atoms in total. The molecule has 0 N–H and O–H groups in total. The van der Waals surface area contributed by atoms with Crippen molar-refractivity contribution in [3.05, 3.63) is 70.7 Å². The van der Waals surface area contributed by atoms with E-state index in [0.29, 0.717) is 23.4 Å². The molecule has 0 aliphatic heterocycles. The average Bonchev–Trinajstić information content (AvgIpc) is 2.62. The van der Waals surface area contributed by atoms with Crippen molar-refractivity contribution in [2.75, 3.05) is 0 Å². The van der Waals surface area contributed by atoms with E-state index in [0.717, 1.165) is 24.8 Å². The topological polar surface area (TPSA) is 34.1 Å². The van der Waals surface area contributed by atoms with Crippen LogP contribution >= 0.6 is 11.6 Å². The van der Waals surface area contributed by atoms with Crippen LogP contribution in [0.15, 0.2) is 54.6 Å². The molecule has 1 saturated carbocycles. The van der Waals surface area contributed by atoms with Gasteiger partial charge in [-0.15, -0.1) is 0 Å². The summed E-state index contributed by atoms with van der Waals surface area (Å²) in [6.07, 6.45) is 3.78. The molecule has 1 aliphatic rings.